The number of rotatable bonds is 4. The summed E-state index contributed by atoms with van der Waals surface area (Å²) in [5.74, 6) is 0. The topological polar surface area (TPSA) is 64.7 Å². The highest BCUT2D eigenvalue weighted by molar-refractivity contribution is 7.09. The van der Waals surface area contributed by atoms with E-state index < -0.39 is 0 Å². The Labute approximate surface area is 96.3 Å². The quantitative estimate of drug-likeness (QED) is 0.885. The summed E-state index contributed by atoms with van der Waals surface area (Å²) in [6, 6.07) is 0.000370. The van der Waals surface area contributed by atoms with Gasteiger partial charge in [-0.1, -0.05) is 11.4 Å². The van der Waals surface area contributed by atoms with Crippen LogP contribution < -0.4 is 5.73 Å². The molecule has 0 aliphatic heterocycles. The minimum atomic E-state index is 0.000370. The number of hydrogen-bond acceptors (Lipinski definition) is 6. The van der Waals surface area contributed by atoms with Crippen LogP contribution in [0.3, 0.4) is 0 Å². The Kier molecular flexibility index (Phi) is 3.40. The molecule has 1 atom stereocenters. The van der Waals surface area contributed by atoms with Crippen molar-refractivity contribution in [1.82, 2.24) is 14.6 Å². The molecule has 0 aromatic carbocycles. The first kappa shape index (κ1) is 10.7. The summed E-state index contributed by atoms with van der Waals surface area (Å²) in [5, 5.41) is 4.06. The van der Waals surface area contributed by atoms with Crippen molar-refractivity contribution in [3.05, 3.63) is 27.2 Å². The number of hydrogen-bond donors (Lipinski definition) is 1. The van der Waals surface area contributed by atoms with Gasteiger partial charge in [0.25, 0.3) is 0 Å². The zero-order chi connectivity index (χ0) is 10.7. The second-order valence-electron chi connectivity index (χ2n) is 3.22. The van der Waals surface area contributed by atoms with E-state index in [1.807, 2.05) is 11.7 Å². The first-order valence-electron chi connectivity index (χ1n) is 4.75. The molecular weight excluding hydrogens is 228 g/mol. The van der Waals surface area contributed by atoms with Gasteiger partial charge in [-0.15, -0.1) is 16.4 Å². The van der Waals surface area contributed by atoms with Gasteiger partial charge in [-0.05, 0) is 18.0 Å². The van der Waals surface area contributed by atoms with E-state index in [4.69, 9.17) is 5.73 Å². The summed E-state index contributed by atoms with van der Waals surface area (Å²) in [6.07, 6.45) is 3.58. The molecule has 6 heteroatoms. The van der Waals surface area contributed by atoms with E-state index in [0.29, 0.717) is 0 Å². The van der Waals surface area contributed by atoms with Crippen LogP contribution in [0.4, 0.5) is 0 Å². The SMILES string of the molecule is CCc1nnsc1C(N)Cc1cncs1. The molecule has 0 fully saturated rings. The van der Waals surface area contributed by atoms with E-state index in [0.717, 1.165) is 23.4 Å². The van der Waals surface area contributed by atoms with Crippen molar-refractivity contribution in [3.8, 4) is 0 Å². The molecule has 2 heterocycles. The number of nitrogens with two attached hydrogens (primary N) is 1. The van der Waals surface area contributed by atoms with Gasteiger partial charge >= 0.3 is 0 Å². The second kappa shape index (κ2) is 4.78. The molecule has 80 valence electrons. The molecule has 0 amide bonds. The van der Waals surface area contributed by atoms with Crippen LogP contribution in [0.1, 0.15) is 28.4 Å². The van der Waals surface area contributed by atoms with E-state index >= 15 is 0 Å². The molecule has 0 spiro atoms. The molecule has 1 unspecified atom stereocenters. The average Bonchev–Trinajstić information content (AvgIpc) is 2.86. The van der Waals surface area contributed by atoms with Gasteiger partial charge < -0.3 is 5.73 Å². The van der Waals surface area contributed by atoms with Gasteiger partial charge in [0.1, 0.15) is 0 Å². The Morgan fingerprint density at radius 2 is 2.40 bits per heavy atom. The molecule has 2 rings (SSSR count). The van der Waals surface area contributed by atoms with Crippen molar-refractivity contribution in [2.45, 2.75) is 25.8 Å². The molecule has 0 aliphatic carbocycles. The lowest BCUT2D eigenvalue weighted by atomic mass is 10.1. The lowest BCUT2D eigenvalue weighted by molar-refractivity contribution is 0.729. The van der Waals surface area contributed by atoms with Crippen molar-refractivity contribution in [1.29, 1.82) is 0 Å². The maximum atomic E-state index is 6.12. The van der Waals surface area contributed by atoms with Gasteiger partial charge in [0, 0.05) is 23.5 Å². The highest BCUT2D eigenvalue weighted by Gasteiger charge is 2.15. The maximum absolute atomic E-state index is 6.12. The fourth-order valence-corrected chi connectivity index (χ4v) is 2.79. The Hall–Kier alpha value is -0.850. The molecular formula is C9H12N4S2. The van der Waals surface area contributed by atoms with Gasteiger partial charge in [0.2, 0.25) is 0 Å². The fourth-order valence-electron chi connectivity index (χ4n) is 1.39. The van der Waals surface area contributed by atoms with Crippen LogP contribution in [0.2, 0.25) is 0 Å². The summed E-state index contributed by atoms with van der Waals surface area (Å²) >= 11 is 3.04. The smallest absolute Gasteiger partial charge is 0.0801 e. The minimum absolute atomic E-state index is 0.000370. The monoisotopic (exact) mass is 240 g/mol. The van der Waals surface area contributed by atoms with E-state index in [2.05, 4.69) is 21.5 Å². The van der Waals surface area contributed by atoms with E-state index in [1.54, 1.807) is 11.3 Å². The van der Waals surface area contributed by atoms with Crippen LogP contribution in [0.15, 0.2) is 11.7 Å². The average molecular weight is 240 g/mol. The lowest BCUT2D eigenvalue weighted by Gasteiger charge is -2.07. The van der Waals surface area contributed by atoms with Gasteiger partial charge in [-0.25, -0.2) is 0 Å². The normalized spacial score (nSPS) is 12.9. The molecule has 0 bridgehead atoms. The van der Waals surface area contributed by atoms with Gasteiger partial charge in [0.15, 0.2) is 0 Å². The Morgan fingerprint density at radius 3 is 3.07 bits per heavy atom. The lowest BCUT2D eigenvalue weighted by Crippen LogP contribution is -2.13. The Morgan fingerprint density at radius 1 is 1.53 bits per heavy atom. The predicted octanol–water partition coefficient (Wildman–Crippen LogP) is 1.80. The second-order valence-corrected chi connectivity index (χ2v) is 4.97. The highest BCUT2D eigenvalue weighted by Crippen LogP contribution is 2.23. The zero-order valence-electron chi connectivity index (χ0n) is 8.38. The molecule has 2 aromatic rings. The molecule has 2 N–H and O–H groups in total. The van der Waals surface area contributed by atoms with Crippen molar-refractivity contribution < 1.29 is 0 Å². The van der Waals surface area contributed by atoms with Crippen LogP contribution in [0, 0.1) is 0 Å². The van der Waals surface area contributed by atoms with Gasteiger partial charge in [-0.2, -0.15) is 0 Å². The molecule has 0 saturated carbocycles. The summed E-state index contributed by atoms with van der Waals surface area (Å²) in [4.78, 5) is 6.34. The summed E-state index contributed by atoms with van der Waals surface area (Å²) in [5.41, 5.74) is 8.97. The molecule has 15 heavy (non-hydrogen) atoms. The third-order valence-corrected chi connectivity index (χ3v) is 3.86. The maximum Gasteiger partial charge on any atom is 0.0801 e. The van der Waals surface area contributed by atoms with Crippen LogP contribution in [0.5, 0.6) is 0 Å². The number of nitrogens with zero attached hydrogens (tertiary/aromatic N) is 3. The van der Waals surface area contributed by atoms with E-state index in [-0.39, 0.29) is 6.04 Å². The Bertz CT molecular complexity index is 409. The number of aryl methyl sites for hydroxylation is 1. The summed E-state index contributed by atoms with van der Waals surface area (Å²) in [6.45, 7) is 2.07. The van der Waals surface area contributed by atoms with Crippen molar-refractivity contribution in [2.75, 3.05) is 0 Å². The van der Waals surface area contributed by atoms with Crippen molar-refractivity contribution >= 4 is 22.9 Å². The van der Waals surface area contributed by atoms with E-state index in [1.165, 1.54) is 16.4 Å². The largest absolute Gasteiger partial charge is 0.323 e. The van der Waals surface area contributed by atoms with Gasteiger partial charge in [0.05, 0.1) is 16.1 Å². The fraction of sp³-hybridized carbons (Fsp3) is 0.444. The third kappa shape index (κ3) is 2.39. The van der Waals surface area contributed by atoms with Crippen LogP contribution in [-0.4, -0.2) is 14.6 Å². The molecule has 0 radical (unpaired) electrons. The molecule has 0 saturated heterocycles. The first-order valence-corrected chi connectivity index (χ1v) is 6.40. The first-order chi connectivity index (χ1) is 7.31. The Balaban J connectivity index is 2.11. The summed E-state index contributed by atoms with van der Waals surface area (Å²) < 4.78 is 3.94. The number of thiazole rings is 1. The third-order valence-electron chi connectivity index (χ3n) is 2.16. The van der Waals surface area contributed by atoms with E-state index in [9.17, 15) is 0 Å². The number of aromatic nitrogens is 3. The minimum Gasteiger partial charge on any atom is -0.323 e. The van der Waals surface area contributed by atoms with Crippen molar-refractivity contribution in [2.24, 2.45) is 5.73 Å². The standard InChI is InChI=1S/C9H12N4S2/c1-2-8-9(15-13-12-8)7(10)3-6-4-11-5-14-6/h4-5,7H,2-3,10H2,1H3. The van der Waals surface area contributed by atoms with Crippen LogP contribution in [0.25, 0.3) is 0 Å². The molecule has 2 aromatic heterocycles. The van der Waals surface area contributed by atoms with Crippen LogP contribution in [-0.2, 0) is 12.8 Å². The van der Waals surface area contributed by atoms with Crippen molar-refractivity contribution in [3.63, 3.8) is 0 Å². The highest BCUT2D eigenvalue weighted by atomic mass is 32.1. The van der Waals surface area contributed by atoms with Gasteiger partial charge in [-0.3, -0.25) is 4.98 Å². The molecule has 4 nitrogen and oxygen atoms in total. The van der Waals surface area contributed by atoms with Crippen LogP contribution >= 0.6 is 22.9 Å². The zero-order valence-corrected chi connectivity index (χ0v) is 10.0. The molecule has 0 aliphatic rings. The summed E-state index contributed by atoms with van der Waals surface area (Å²) in [7, 11) is 0. The predicted molar refractivity (Wildman–Crippen MR) is 62.0 cm³/mol.